The van der Waals surface area contributed by atoms with Gasteiger partial charge in [-0.05, 0) is 12.1 Å². The van der Waals surface area contributed by atoms with Crippen molar-refractivity contribution in [2.24, 2.45) is 0 Å². The average molecular weight is 198 g/mol. The molecule has 0 aliphatic carbocycles. The number of anilines is 1. The van der Waals surface area contributed by atoms with Crippen molar-refractivity contribution in [3.8, 4) is 0 Å². The van der Waals surface area contributed by atoms with E-state index in [9.17, 15) is 0 Å². The summed E-state index contributed by atoms with van der Waals surface area (Å²) in [6.45, 7) is 4.76. The maximum atomic E-state index is 2.56. The lowest BCUT2D eigenvalue weighted by Crippen LogP contribution is -2.49. The molecular weight excluding hydrogens is 181 g/mol. The third-order valence-electron chi connectivity index (χ3n) is 3.03. The van der Waals surface area contributed by atoms with Crippen molar-refractivity contribution < 1.29 is 0 Å². The quantitative estimate of drug-likeness (QED) is 0.578. The normalized spacial score (nSPS) is 17.5. The summed E-state index contributed by atoms with van der Waals surface area (Å²) in [7, 11) is 4.78. The Hall–Kier alpha value is -0.825. The maximum Gasteiger partial charge on any atom is 0.157 e. The van der Waals surface area contributed by atoms with Gasteiger partial charge in [0.1, 0.15) is 0 Å². The summed E-state index contributed by atoms with van der Waals surface area (Å²) in [6.07, 6.45) is 0. The molecule has 2 nitrogen and oxygen atoms in total. The highest BCUT2D eigenvalue weighted by atomic mass is 15.2. The van der Waals surface area contributed by atoms with Crippen molar-refractivity contribution in [3.05, 3.63) is 30.3 Å². The SMILES string of the molecule is BBBN1CCN(c2ccccc2)CC1. The monoisotopic (exact) mass is 198 g/mol. The number of piperazine rings is 1. The van der Waals surface area contributed by atoms with E-state index in [1.807, 2.05) is 0 Å². The van der Waals surface area contributed by atoms with Crippen LogP contribution in [0, 0.1) is 0 Å². The first kappa shape index (κ1) is 10.7. The molecule has 1 aromatic carbocycles. The van der Waals surface area contributed by atoms with Gasteiger partial charge in [-0.15, -0.1) is 0 Å². The van der Waals surface area contributed by atoms with E-state index in [1.54, 1.807) is 0 Å². The van der Waals surface area contributed by atoms with Gasteiger partial charge in [-0.1, -0.05) is 18.2 Å². The lowest BCUT2D eigenvalue weighted by atomic mass is 9.32. The molecule has 0 atom stereocenters. The largest absolute Gasteiger partial charge is 0.369 e. The van der Waals surface area contributed by atoms with Crippen LogP contribution in [0.3, 0.4) is 0 Å². The van der Waals surface area contributed by atoms with Crippen molar-refractivity contribution in [2.45, 2.75) is 0 Å². The van der Waals surface area contributed by atoms with E-state index in [0.29, 0.717) is 0 Å². The topological polar surface area (TPSA) is 6.48 Å². The van der Waals surface area contributed by atoms with E-state index >= 15 is 0 Å². The number of benzene rings is 1. The van der Waals surface area contributed by atoms with E-state index in [1.165, 1.54) is 46.2 Å². The van der Waals surface area contributed by atoms with Crippen LogP contribution < -0.4 is 4.90 Å². The second kappa shape index (κ2) is 5.31. The Bertz CT molecular complexity index is 286. The highest BCUT2D eigenvalue weighted by molar-refractivity contribution is 7.22. The van der Waals surface area contributed by atoms with Crippen LogP contribution in [-0.2, 0) is 0 Å². The van der Waals surface area contributed by atoms with Crippen LogP contribution in [-0.4, -0.2) is 53.1 Å². The minimum Gasteiger partial charge on any atom is -0.369 e. The van der Waals surface area contributed by atoms with Gasteiger partial charge in [0.2, 0.25) is 0 Å². The number of hydrogen-bond acceptors (Lipinski definition) is 2. The van der Waals surface area contributed by atoms with Gasteiger partial charge in [0.05, 0.1) is 14.8 Å². The van der Waals surface area contributed by atoms with Gasteiger partial charge in [-0.2, -0.15) is 0 Å². The molecule has 0 radical (unpaired) electrons. The first-order chi connectivity index (χ1) is 7.40. The van der Waals surface area contributed by atoms with Gasteiger partial charge in [-0.25, -0.2) is 0 Å². The lowest BCUT2D eigenvalue weighted by Gasteiger charge is -2.36. The fraction of sp³-hybridized carbons (Fsp3) is 0.400. The zero-order chi connectivity index (χ0) is 10.5. The molecule has 0 amide bonds. The standard InChI is InChI=1S/C10H17B3N2/c11-12-13-15-8-6-14(7-9-15)10-4-2-1-3-5-10/h1-5,12-13H,6-9,11H2. The lowest BCUT2D eigenvalue weighted by molar-refractivity contribution is 0.412. The first-order valence-electron chi connectivity index (χ1n) is 5.92. The molecule has 0 spiro atoms. The summed E-state index contributed by atoms with van der Waals surface area (Å²) in [5.74, 6) is 0. The number of rotatable bonds is 3. The van der Waals surface area contributed by atoms with Gasteiger partial charge in [-0.3, -0.25) is 0 Å². The molecule has 76 valence electrons. The molecule has 0 aromatic heterocycles. The Morgan fingerprint density at radius 1 is 1.00 bits per heavy atom. The minimum atomic E-state index is 1.17. The number of hydrogen-bond donors (Lipinski definition) is 0. The highest BCUT2D eigenvalue weighted by Gasteiger charge is 2.15. The van der Waals surface area contributed by atoms with Gasteiger partial charge in [0, 0.05) is 31.9 Å². The van der Waals surface area contributed by atoms with Gasteiger partial charge in [0.25, 0.3) is 0 Å². The van der Waals surface area contributed by atoms with E-state index < -0.39 is 0 Å². The third-order valence-corrected chi connectivity index (χ3v) is 3.03. The first-order valence-corrected chi connectivity index (χ1v) is 5.92. The molecule has 2 rings (SSSR count). The summed E-state index contributed by atoms with van der Waals surface area (Å²) in [5, 5.41) is 0. The van der Waals surface area contributed by atoms with E-state index in [4.69, 9.17) is 0 Å². The van der Waals surface area contributed by atoms with Crippen molar-refractivity contribution in [1.82, 2.24) is 4.81 Å². The molecule has 0 N–H and O–H groups in total. The Labute approximate surface area is 94.5 Å². The molecular formula is C10H17B3N2. The molecule has 1 fully saturated rings. The summed E-state index contributed by atoms with van der Waals surface area (Å²) in [4.78, 5) is 5.03. The van der Waals surface area contributed by atoms with Gasteiger partial charge >= 0.3 is 0 Å². The highest BCUT2D eigenvalue weighted by Crippen LogP contribution is 2.14. The van der Waals surface area contributed by atoms with Crippen LogP contribution in [0.15, 0.2) is 30.3 Å². The number of para-hydroxylation sites is 1. The molecule has 1 aliphatic heterocycles. The van der Waals surface area contributed by atoms with E-state index in [2.05, 4.69) is 47.8 Å². The van der Waals surface area contributed by atoms with Gasteiger partial charge in [0.15, 0.2) is 7.31 Å². The summed E-state index contributed by atoms with van der Waals surface area (Å²) < 4.78 is 0. The molecule has 1 aromatic rings. The zero-order valence-electron chi connectivity index (χ0n) is 9.52. The molecule has 1 saturated heterocycles. The van der Waals surface area contributed by atoms with Crippen molar-refractivity contribution in [2.75, 3.05) is 31.1 Å². The fourth-order valence-corrected chi connectivity index (χ4v) is 2.18. The summed E-state index contributed by atoms with van der Waals surface area (Å²) in [5.41, 5.74) is 1.37. The molecule has 0 bridgehead atoms. The molecule has 1 aliphatic rings. The average Bonchev–Trinajstić information content (AvgIpc) is 2.32. The molecule has 0 saturated carbocycles. The Balaban J connectivity index is 1.88. The summed E-state index contributed by atoms with van der Waals surface area (Å²) in [6, 6.07) is 10.7. The van der Waals surface area contributed by atoms with Crippen LogP contribution in [0.1, 0.15) is 0 Å². The Morgan fingerprint density at radius 3 is 2.27 bits per heavy atom. The van der Waals surface area contributed by atoms with Crippen LogP contribution in [0.5, 0.6) is 0 Å². The van der Waals surface area contributed by atoms with Gasteiger partial charge < -0.3 is 9.71 Å². The van der Waals surface area contributed by atoms with Crippen molar-refractivity contribution >= 4 is 27.8 Å². The summed E-state index contributed by atoms with van der Waals surface area (Å²) >= 11 is 0. The maximum absolute atomic E-state index is 2.56. The smallest absolute Gasteiger partial charge is 0.157 e. The van der Waals surface area contributed by atoms with Crippen LogP contribution in [0.25, 0.3) is 0 Å². The van der Waals surface area contributed by atoms with Crippen LogP contribution in [0.4, 0.5) is 5.69 Å². The zero-order valence-corrected chi connectivity index (χ0v) is 9.52. The van der Waals surface area contributed by atoms with E-state index in [0.717, 1.165) is 0 Å². The van der Waals surface area contributed by atoms with Crippen LogP contribution in [0.2, 0.25) is 0 Å². The molecule has 1 heterocycles. The Morgan fingerprint density at radius 2 is 1.67 bits per heavy atom. The molecule has 0 unspecified atom stereocenters. The molecule has 5 heteroatoms. The minimum absolute atomic E-state index is 1.17. The number of nitrogens with zero attached hydrogens (tertiary/aromatic N) is 2. The molecule has 15 heavy (non-hydrogen) atoms. The van der Waals surface area contributed by atoms with E-state index in [-0.39, 0.29) is 0 Å². The Kier molecular flexibility index (Phi) is 3.78. The van der Waals surface area contributed by atoms with Crippen molar-refractivity contribution in [1.29, 1.82) is 0 Å². The second-order valence-electron chi connectivity index (χ2n) is 4.16. The predicted molar refractivity (Wildman–Crippen MR) is 73.1 cm³/mol. The fourth-order valence-electron chi connectivity index (χ4n) is 2.18. The third kappa shape index (κ3) is 2.82. The second-order valence-corrected chi connectivity index (χ2v) is 4.16. The van der Waals surface area contributed by atoms with Crippen LogP contribution >= 0.6 is 0 Å². The van der Waals surface area contributed by atoms with Crippen molar-refractivity contribution in [3.63, 3.8) is 0 Å². The predicted octanol–water partition coefficient (Wildman–Crippen LogP) is -0.940.